The van der Waals surface area contributed by atoms with Crippen LogP contribution in [0.3, 0.4) is 0 Å². The summed E-state index contributed by atoms with van der Waals surface area (Å²) < 4.78 is 18.3. The second-order valence-corrected chi connectivity index (χ2v) is 4.03. The van der Waals surface area contributed by atoms with E-state index in [1.54, 1.807) is 17.0 Å². The van der Waals surface area contributed by atoms with E-state index in [1.165, 1.54) is 13.2 Å². The Morgan fingerprint density at radius 3 is 2.72 bits per heavy atom. The number of hydrogen-bond acceptors (Lipinski definition) is 4. The molecule has 0 unspecified atom stereocenters. The molecule has 0 saturated carbocycles. The highest BCUT2D eigenvalue weighted by Gasteiger charge is 2.18. The highest BCUT2D eigenvalue weighted by Crippen LogP contribution is 2.23. The summed E-state index contributed by atoms with van der Waals surface area (Å²) in [4.78, 5) is 12.9. The molecule has 0 fully saturated rings. The number of anilines is 1. The first-order chi connectivity index (χ1) is 8.51. The lowest BCUT2D eigenvalue weighted by Gasteiger charge is -2.24. The fraction of sp³-hybridized carbons (Fsp3) is 0.333. The number of methoxy groups -OCH3 is 1. The predicted molar refractivity (Wildman–Crippen MR) is 72.2 cm³/mol. The fourth-order valence-electron chi connectivity index (χ4n) is 1.61. The van der Waals surface area contributed by atoms with Gasteiger partial charge in [0.2, 0.25) is 0 Å². The maximum atomic E-state index is 13.7. The van der Waals surface area contributed by atoms with Crippen molar-refractivity contribution in [3.8, 4) is 0 Å². The summed E-state index contributed by atoms with van der Waals surface area (Å²) in [7, 11) is 1.30. The van der Waals surface area contributed by atoms with Crippen LogP contribution in [0.5, 0.6) is 0 Å². The van der Waals surface area contributed by atoms with Gasteiger partial charge in [-0.25, -0.2) is 4.39 Å². The number of esters is 1. The minimum atomic E-state index is -0.497. The maximum Gasteiger partial charge on any atom is 0.325 e. The fourth-order valence-corrected chi connectivity index (χ4v) is 1.81. The number of likely N-dealkylation sites (N-methyl/N-ethyl adjacent to an activating group) is 1. The van der Waals surface area contributed by atoms with Crippen LogP contribution in [0, 0.1) is 5.82 Å². The number of rotatable bonds is 5. The number of benzene rings is 1. The zero-order valence-corrected chi connectivity index (χ0v) is 11.1. The average molecular weight is 270 g/mol. The molecule has 0 atom stereocenters. The van der Waals surface area contributed by atoms with Crippen molar-refractivity contribution in [1.29, 1.82) is 0 Å². The van der Waals surface area contributed by atoms with E-state index >= 15 is 0 Å². The molecule has 0 aliphatic carbocycles. The molecule has 6 heteroatoms. The summed E-state index contributed by atoms with van der Waals surface area (Å²) in [6, 6.07) is 4.50. The largest absolute Gasteiger partial charge is 0.468 e. The molecule has 0 spiro atoms. The lowest BCUT2D eigenvalue weighted by Crippen LogP contribution is -2.32. The van der Waals surface area contributed by atoms with Gasteiger partial charge in [-0.2, -0.15) is 0 Å². The Morgan fingerprint density at radius 1 is 1.56 bits per heavy atom. The summed E-state index contributed by atoms with van der Waals surface area (Å²) in [6.45, 7) is 2.37. The van der Waals surface area contributed by atoms with Crippen LogP contribution in [0.4, 0.5) is 10.1 Å². The van der Waals surface area contributed by atoms with Crippen LogP contribution in [0.1, 0.15) is 12.5 Å². The first-order valence-electron chi connectivity index (χ1n) is 5.41. The first-order valence-corrected chi connectivity index (χ1v) is 5.82. The van der Waals surface area contributed by atoms with Gasteiger partial charge in [0.05, 0.1) is 18.4 Å². The van der Waals surface area contributed by atoms with Crippen molar-refractivity contribution in [2.75, 3.05) is 25.1 Å². The topological polar surface area (TPSA) is 55.6 Å². The van der Waals surface area contributed by atoms with Crippen LogP contribution in [0.2, 0.25) is 0 Å². The Labute approximate surface area is 111 Å². The molecule has 18 heavy (non-hydrogen) atoms. The molecule has 0 bridgehead atoms. The van der Waals surface area contributed by atoms with Crippen LogP contribution in [-0.2, 0) is 9.53 Å². The molecule has 2 N–H and O–H groups in total. The third kappa shape index (κ3) is 3.16. The van der Waals surface area contributed by atoms with E-state index in [1.807, 2.05) is 6.92 Å². The monoisotopic (exact) mass is 270 g/mol. The normalized spacial score (nSPS) is 9.94. The number of nitrogens with zero attached hydrogens (tertiary/aromatic N) is 1. The number of carbonyl (C=O) groups is 1. The van der Waals surface area contributed by atoms with Gasteiger partial charge in [0.15, 0.2) is 0 Å². The molecule has 1 aromatic rings. The molecular weight excluding hydrogens is 255 g/mol. The van der Waals surface area contributed by atoms with E-state index < -0.39 is 11.8 Å². The van der Waals surface area contributed by atoms with Crippen molar-refractivity contribution >= 4 is 28.9 Å². The van der Waals surface area contributed by atoms with Crippen LogP contribution < -0.4 is 10.6 Å². The number of thiocarbonyl (C=S) groups is 1. The standard InChI is InChI=1S/C12H15FN2O2S/c1-3-15(7-10(16)17-2)9-6-4-5-8(13)11(9)12(14)18/h4-6H,3,7H2,1-2H3,(H2,14,18). The van der Waals surface area contributed by atoms with Crippen molar-refractivity contribution < 1.29 is 13.9 Å². The Morgan fingerprint density at radius 2 is 2.22 bits per heavy atom. The van der Waals surface area contributed by atoms with Crippen molar-refractivity contribution in [2.24, 2.45) is 5.73 Å². The number of hydrogen-bond donors (Lipinski definition) is 1. The van der Waals surface area contributed by atoms with Crippen LogP contribution in [0.25, 0.3) is 0 Å². The molecule has 0 heterocycles. The molecule has 0 radical (unpaired) electrons. The van der Waals surface area contributed by atoms with E-state index in [0.29, 0.717) is 12.2 Å². The predicted octanol–water partition coefficient (Wildman–Crippen LogP) is 1.46. The quantitative estimate of drug-likeness (QED) is 0.648. The highest BCUT2D eigenvalue weighted by molar-refractivity contribution is 7.80. The van der Waals surface area contributed by atoms with E-state index in [-0.39, 0.29) is 17.1 Å². The van der Waals surface area contributed by atoms with Crippen molar-refractivity contribution in [3.63, 3.8) is 0 Å². The van der Waals surface area contributed by atoms with Gasteiger partial charge in [-0.05, 0) is 19.1 Å². The Kier molecular flexibility index (Phi) is 5.03. The van der Waals surface area contributed by atoms with Crippen LogP contribution >= 0.6 is 12.2 Å². The van der Waals surface area contributed by atoms with Gasteiger partial charge in [0, 0.05) is 6.54 Å². The number of nitrogens with two attached hydrogens (primary N) is 1. The van der Waals surface area contributed by atoms with Gasteiger partial charge in [-0.1, -0.05) is 18.3 Å². The summed E-state index contributed by atoms with van der Waals surface area (Å²) in [5, 5.41) is 0. The number of carbonyl (C=O) groups excluding carboxylic acids is 1. The molecular formula is C12H15FN2O2S. The second kappa shape index (κ2) is 6.30. The smallest absolute Gasteiger partial charge is 0.325 e. The Balaban J connectivity index is 3.17. The summed E-state index contributed by atoms with van der Waals surface area (Å²) in [6.07, 6.45) is 0. The van der Waals surface area contributed by atoms with Gasteiger partial charge in [0.1, 0.15) is 17.4 Å². The summed E-state index contributed by atoms with van der Waals surface area (Å²) in [5.74, 6) is -0.904. The van der Waals surface area contributed by atoms with E-state index in [9.17, 15) is 9.18 Å². The molecule has 1 rings (SSSR count). The number of halogens is 1. The zero-order chi connectivity index (χ0) is 13.7. The molecule has 4 nitrogen and oxygen atoms in total. The van der Waals surface area contributed by atoms with Crippen molar-refractivity contribution in [3.05, 3.63) is 29.6 Å². The van der Waals surface area contributed by atoms with E-state index in [4.69, 9.17) is 18.0 Å². The van der Waals surface area contributed by atoms with Gasteiger partial charge in [-0.3, -0.25) is 4.79 Å². The maximum absolute atomic E-state index is 13.7. The van der Waals surface area contributed by atoms with Gasteiger partial charge >= 0.3 is 5.97 Å². The van der Waals surface area contributed by atoms with Gasteiger partial charge in [0.25, 0.3) is 0 Å². The molecule has 0 aromatic heterocycles. The highest BCUT2D eigenvalue weighted by atomic mass is 32.1. The summed E-state index contributed by atoms with van der Waals surface area (Å²) in [5.41, 5.74) is 6.17. The molecule has 1 aromatic carbocycles. The molecule has 0 saturated heterocycles. The third-order valence-electron chi connectivity index (χ3n) is 2.51. The SMILES string of the molecule is CCN(CC(=O)OC)c1cccc(F)c1C(N)=S. The minimum Gasteiger partial charge on any atom is -0.468 e. The van der Waals surface area contributed by atoms with Crippen molar-refractivity contribution in [2.45, 2.75) is 6.92 Å². The van der Waals surface area contributed by atoms with Crippen LogP contribution in [0.15, 0.2) is 18.2 Å². The van der Waals surface area contributed by atoms with Crippen molar-refractivity contribution in [1.82, 2.24) is 0 Å². The molecule has 98 valence electrons. The average Bonchev–Trinajstić information content (AvgIpc) is 2.34. The van der Waals surface area contributed by atoms with Crippen LogP contribution in [-0.4, -0.2) is 31.2 Å². The molecule has 0 amide bonds. The Hall–Kier alpha value is -1.69. The first kappa shape index (κ1) is 14.4. The zero-order valence-electron chi connectivity index (χ0n) is 10.3. The summed E-state index contributed by atoms with van der Waals surface area (Å²) >= 11 is 4.84. The third-order valence-corrected chi connectivity index (χ3v) is 2.71. The molecule has 0 aliphatic rings. The van der Waals surface area contributed by atoms with Gasteiger partial charge < -0.3 is 15.4 Å². The molecule has 0 aliphatic heterocycles. The lowest BCUT2D eigenvalue weighted by molar-refractivity contribution is -0.138. The Bertz CT molecular complexity index is 465. The lowest BCUT2D eigenvalue weighted by atomic mass is 10.1. The second-order valence-electron chi connectivity index (χ2n) is 3.59. The van der Waals surface area contributed by atoms with E-state index in [2.05, 4.69) is 4.74 Å². The van der Waals surface area contributed by atoms with E-state index in [0.717, 1.165) is 0 Å². The minimum absolute atomic E-state index is 0.0199. The van der Waals surface area contributed by atoms with Gasteiger partial charge in [-0.15, -0.1) is 0 Å². The number of ether oxygens (including phenoxy) is 1.